The molecule has 1 fully saturated rings. The fraction of sp³-hybridized carbons (Fsp3) is 0.588. The van der Waals surface area contributed by atoms with Gasteiger partial charge in [-0.05, 0) is 17.9 Å². The van der Waals surface area contributed by atoms with Gasteiger partial charge in [-0.25, -0.2) is 0 Å². The van der Waals surface area contributed by atoms with Crippen LogP contribution in [0, 0.1) is 5.92 Å². The van der Waals surface area contributed by atoms with Crippen molar-refractivity contribution in [2.75, 3.05) is 6.54 Å². The normalized spacial score (nSPS) is 16.8. The molecule has 0 bridgehead atoms. The van der Waals surface area contributed by atoms with E-state index in [1.54, 1.807) is 0 Å². The summed E-state index contributed by atoms with van der Waals surface area (Å²) < 4.78 is 0. The van der Waals surface area contributed by atoms with E-state index < -0.39 is 0 Å². The predicted octanol–water partition coefficient (Wildman–Crippen LogP) is 3.58. The molecular weight excluding hydrogens is 284 g/mol. The number of carbonyl (C=O) groups excluding carboxylic acids is 1. The Morgan fingerprint density at radius 3 is 2.52 bits per heavy atom. The topological polar surface area (TPSA) is 55.1 Å². The fourth-order valence-electron chi connectivity index (χ4n) is 2.98. The second kappa shape index (κ2) is 9.80. The zero-order valence-electron chi connectivity index (χ0n) is 12.6. The molecule has 1 aromatic carbocycles. The molecule has 4 heteroatoms. The number of rotatable bonds is 6. The molecule has 0 saturated heterocycles. The van der Waals surface area contributed by atoms with Gasteiger partial charge in [0.1, 0.15) is 0 Å². The summed E-state index contributed by atoms with van der Waals surface area (Å²) in [4.78, 5) is 11.9. The Kier molecular flexibility index (Phi) is 8.40. The Labute approximate surface area is 134 Å². The van der Waals surface area contributed by atoms with Crippen LogP contribution >= 0.6 is 12.4 Å². The highest BCUT2D eigenvalue weighted by molar-refractivity contribution is 5.85. The first-order valence-electron chi connectivity index (χ1n) is 7.83. The monoisotopic (exact) mass is 310 g/mol. The van der Waals surface area contributed by atoms with E-state index in [-0.39, 0.29) is 24.4 Å². The minimum absolute atomic E-state index is 0. The number of hydrogen-bond donors (Lipinski definition) is 2. The van der Waals surface area contributed by atoms with E-state index in [4.69, 9.17) is 5.73 Å². The molecule has 118 valence electrons. The van der Waals surface area contributed by atoms with Gasteiger partial charge in [-0.15, -0.1) is 12.4 Å². The van der Waals surface area contributed by atoms with Crippen LogP contribution in [0.5, 0.6) is 0 Å². The summed E-state index contributed by atoms with van der Waals surface area (Å²) in [5.41, 5.74) is 7.07. The molecule has 0 radical (unpaired) electrons. The molecule has 1 aliphatic rings. The van der Waals surface area contributed by atoms with Crippen LogP contribution in [0.2, 0.25) is 0 Å². The van der Waals surface area contributed by atoms with Crippen LogP contribution in [-0.2, 0) is 4.79 Å². The van der Waals surface area contributed by atoms with Crippen molar-refractivity contribution < 1.29 is 4.79 Å². The molecular formula is C17H27ClN2O. The predicted molar refractivity (Wildman–Crippen MR) is 89.4 cm³/mol. The maximum absolute atomic E-state index is 11.9. The molecule has 0 heterocycles. The van der Waals surface area contributed by atoms with Gasteiger partial charge >= 0.3 is 0 Å². The van der Waals surface area contributed by atoms with Gasteiger partial charge in [0.25, 0.3) is 0 Å². The van der Waals surface area contributed by atoms with E-state index in [9.17, 15) is 4.79 Å². The average molecular weight is 311 g/mol. The number of nitrogens with two attached hydrogens (primary N) is 1. The summed E-state index contributed by atoms with van der Waals surface area (Å²) in [7, 11) is 0. The molecule has 1 unspecified atom stereocenters. The van der Waals surface area contributed by atoms with Crippen molar-refractivity contribution in [3.05, 3.63) is 35.9 Å². The number of carbonyl (C=O) groups is 1. The average Bonchev–Trinajstić information content (AvgIpc) is 2.49. The second-order valence-electron chi connectivity index (χ2n) is 5.86. The van der Waals surface area contributed by atoms with Crippen molar-refractivity contribution in [3.63, 3.8) is 0 Å². The van der Waals surface area contributed by atoms with Gasteiger partial charge in [-0.3, -0.25) is 4.79 Å². The molecule has 1 saturated carbocycles. The molecule has 1 aliphatic carbocycles. The zero-order valence-corrected chi connectivity index (χ0v) is 13.4. The van der Waals surface area contributed by atoms with Crippen LogP contribution < -0.4 is 11.1 Å². The first kappa shape index (κ1) is 18.0. The minimum atomic E-state index is -0.203. The van der Waals surface area contributed by atoms with Crippen LogP contribution in [0.25, 0.3) is 0 Å². The summed E-state index contributed by atoms with van der Waals surface area (Å²) in [6.45, 7) is 0.797. The summed E-state index contributed by atoms with van der Waals surface area (Å²) in [5, 5.41) is 3.01. The van der Waals surface area contributed by atoms with Crippen molar-refractivity contribution in [1.82, 2.24) is 5.32 Å². The smallest absolute Gasteiger partial charge is 0.221 e. The molecule has 0 aliphatic heterocycles. The molecule has 1 atom stereocenters. The molecule has 3 nitrogen and oxygen atoms in total. The Morgan fingerprint density at radius 1 is 1.19 bits per heavy atom. The largest absolute Gasteiger partial charge is 0.356 e. The lowest BCUT2D eigenvalue weighted by molar-refractivity contribution is -0.121. The van der Waals surface area contributed by atoms with Gasteiger partial charge in [0.05, 0.1) is 0 Å². The van der Waals surface area contributed by atoms with Crippen LogP contribution in [-0.4, -0.2) is 12.5 Å². The Morgan fingerprint density at radius 2 is 1.86 bits per heavy atom. The first-order valence-corrected chi connectivity index (χ1v) is 7.83. The fourth-order valence-corrected chi connectivity index (χ4v) is 2.98. The summed E-state index contributed by atoms with van der Waals surface area (Å²) in [5.74, 6) is 0.879. The third kappa shape index (κ3) is 6.49. The highest BCUT2D eigenvalue weighted by Gasteiger charge is 2.14. The molecule has 0 spiro atoms. The number of halogens is 1. The molecule has 1 amide bonds. The molecule has 1 aromatic rings. The van der Waals surface area contributed by atoms with Crippen molar-refractivity contribution in [1.29, 1.82) is 0 Å². The van der Waals surface area contributed by atoms with Gasteiger partial charge in [-0.2, -0.15) is 0 Å². The summed E-state index contributed by atoms with van der Waals surface area (Å²) >= 11 is 0. The highest BCUT2D eigenvalue weighted by Crippen LogP contribution is 2.25. The van der Waals surface area contributed by atoms with Crippen molar-refractivity contribution in [2.24, 2.45) is 11.7 Å². The number of amides is 1. The van der Waals surface area contributed by atoms with Gasteiger partial charge in [0.15, 0.2) is 0 Å². The van der Waals surface area contributed by atoms with Gasteiger partial charge in [0.2, 0.25) is 5.91 Å². The van der Waals surface area contributed by atoms with E-state index in [0.29, 0.717) is 6.42 Å². The second-order valence-corrected chi connectivity index (χ2v) is 5.86. The highest BCUT2D eigenvalue weighted by atomic mass is 35.5. The van der Waals surface area contributed by atoms with Gasteiger partial charge in [-0.1, -0.05) is 62.4 Å². The maximum Gasteiger partial charge on any atom is 0.221 e. The van der Waals surface area contributed by atoms with Gasteiger partial charge < -0.3 is 11.1 Å². The lowest BCUT2D eigenvalue weighted by Crippen LogP contribution is -2.29. The first-order chi connectivity index (χ1) is 9.75. The van der Waals surface area contributed by atoms with Crippen LogP contribution in [0.4, 0.5) is 0 Å². The Balaban J connectivity index is 0.00000220. The maximum atomic E-state index is 11.9. The van der Waals surface area contributed by atoms with E-state index in [1.165, 1.54) is 32.1 Å². The minimum Gasteiger partial charge on any atom is -0.356 e. The molecule has 0 aromatic heterocycles. The van der Waals surface area contributed by atoms with Crippen LogP contribution in [0.15, 0.2) is 30.3 Å². The van der Waals surface area contributed by atoms with Crippen molar-refractivity contribution in [2.45, 2.75) is 51.0 Å². The number of benzene rings is 1. The summed E-state index contributed by atoms with van der Waals surface area (Å²) in [6.07, 6.45) is 8.25. The van der Waals surface area contributed by atoms with Crippen LogP contribution in [0.1, 0.15) is 56.6 Å². The number of hydrogen-bond acceptors (Lipinski definition) is 2. The zero-order chi connectivity index (χ0) is 14.2. The van der Waals surface area contributed by atoms with Gasteiger partial charge in [0, 0.05) is 19.0 Å². The third-order valence-electron chi connectivity index (χ3n) is 4.23. The molecule has 21 heavy (non-hydrogen) atoms. The summed E-state index contributed by atoms with van der Waals surface area (Å²) in [6, 6.07) is 9.61. The van der Waals surface area contributed by atoms with Crippen LogP contribution in [0.3, 0.4) is 0 Å². The Hall–Kier alpha value is -1.06. The molecule has 2 rings (SSSR count). The van der Waals surface area contributed by atoms with E-state index >= 15 is 0 Å². The lowest BCUT2D eigenvalue weighted by Gasteiger charge is -2.21. The van der Waals surface area contributed by atoms with E-state index in [1.807, 2.05) is 30.3 Å². The van der Waals surface area contributed by atoms with Crippen molar-refractivity contribution in [3.8, 4) is 0 Å². The third-order valence-corrected chi connectivity index (χ3v) is 4.23. The van der Waals surface area contributed by atoms with Crippen molar-refractivity contribution >= 4 is 18.3 Å². The standard InChI is InChI=1S/C17H26N2O.ClH/c18-16(15-9-5-2-6-10-15)13-17(20)19-12-11-14-7-3-1-4-8-14;/h2,5-6,9-10,14,16H,1,3-4,7-8,11-13,18H2,(H,19,20);1H. The molecule has 3 N–H and O–H groups in total. The Bertz CT molecular complexity index is 405. The quantitative estimate of drug-likeness (QED) is 0.843. The SMILES string of the molecule is Cl.NC(CC(=O)NCCC1CCCCC1)c1ccccc1. The van der Waals surface area contributed by atoms with E-state index in [2.05, 4.69) is 5.32 Å². The lowest BCUT2D eigenvalue weighted by atomic mass is 9.87. The van der Waals surface area contributed by atoms with E-state index in [0.717, 1.165) is 24.4 Å². The number of nitrogens with one attached hydrogen (secondary N) is 1.